The minimum Gasteiger partial charge on any atom is -0.495 e. The third-order valence-corrected chi connectivity index (χ3v) is 6.49. The molecule has 0 heterocycles. The molecule has 3 aromatic rings. The van der Waals surface area contributed by atoms with E-state index in [2.05, 4.69) is 10.0 Å². The van der Waals surface area contributed by atoms with Gasteiger partial charge < -0.3 is 14.8 Å². The number of hydrogen-bond acceptors (Lipinski definition) is 5. The molecule has 0 fully saturated rings. The van der Waals surface area contributed by atoms with Gasteiger partial charge in [-0.3, -0.25) is 9.52 Å². The monoisotopic (exact) mass is 548 g/mol. The van der Waals surface area contributed by atoms with Gasteiger partial charge in [-0.1, -0.05) is 23.2 Å². The van der Waals surface area contributed by atoms with Crippen molar-refractivity contribution in [2.45, 2.75) is 11.1 Å². The highest BCUT2D eigenvalue weighted by molar-refractivity contribution is 7.92. The van der Waals surface area contributed by atoms with Crippen molar-refractivity contribution in [3.63, 3.8) is 0 Å². The molecule has 0 spiro atoms. The van der Waals surface area contributed by atoms with Crippen LogP contribution < -0.4 is 19.5 Å². The first-order valence-electron chi connectivity index (χ1n) is 9.65. The van der Waals surface area contributed by atoms with Crippen molar-refractivity contribution in [1.29, 1.82) is 0 Å². The lowest BCUT2D eigenvalue weighted by Crippen LogP contribution is -2.20. The SMILES string of the molecule is COc1ccc(NS(=O)(=O)c2ccc(OCC(=O)Nc3ccc(Cl)c(C(F)(F)F)c3)cc2)cc1Cl. The Kier molecular flexibility index (Phi) is 8.04. The Morgan fingerprint density at radius 2 is 1.60 bits per heavy atom. The predicted molar refractivity (Wildman–Crippen MR) is 126 cm³/mol. The van der Waals surface area contributed by atoms with Crippen LogP contribution in [0.15, 0.2) is 65.6 Å². The van der Waals surface area contributed by atoms with Crippen molar-refractivity contribution in [2.75, 3.05) is 23.8 Å². The van der Waals surface area contributed by atoms with Crippen LogP contribution in [-0.4, -0.2) is 28.0 Å². The fraction of sp³-hybridized carbons (Fsp3) is 0.136. The summed E-state index contributed by atoms with van der Waals surface area (Å²) in [4.78, 5) is 12.0. The molecule has 0 saturated heterocycles. The summed E-state index contributed by atoms with van der Waals surface area (Å²) in [5.74, 6) is -0.175. The van der Waals surface area contributed by atoms with E-state index in [1.54, 1.807) is 0 Å². The lowest BCUT2D eigenvalue weighted by molar-refractivity contribution is -0.137. The zero-order chi connectivity index (χ0) is 25.8. The molecule has 2 N–H and O–H groups in total. The molecule has 1 amide bonds. The number of hydrogen-bond donors (Lipinski definition) is 2. The average Bonchev–Trinajstić information content (AvgIpc) is 2.78. The van der Waals surface area contributed by atoms with Crippen molar-refractivity contribution in [1.82, 2.24) is 0 Å². The summed E-state index contributed by atoms with van der Waals surface area (Å²) in [6, 6.07) is 12.5. The number of anilines is 2. The van der Waals surface area contributed by atoms with Crippen LogP contribution in [0.4, 0.5) is 24.5 Å². The number of rotatable bonds is 8. The standard InChI is InChI=1S/C22H17Cl2F3N2O5S/c1-33-20-9-3-14(11-19(20)24)29-35(31,32)16-6-4-15(5-7-16)34-12-21(30)28-13-2-8-18(23)17(10-13)22(25,26)27/h2-11,29H,12H2,1H3,(H,28,30). The fourth-order valence-electron chi connectivity index (χ4n) is 2.83. The molecule has 0 aromatic heterocycles. The molecule has 0 radical (unpaired) electrons. The molecule has 35 heavy (non-hydrogen) atoms. The van der Waals surface area contributed by atoms with E-state index >= 15 is 0 Å². The van der Waals surface area contributed by atoms with Gasteiger partial charge in [-0.2, -0.15) is 13.2 Å². The molecule has 0 aliphatic heterocycles. The number of carbonyl (C=O) groups excluding carboxylic acids is 1. The maximum Gasteiger partial charge on any atom is 0.417 e. The van der Waals surface area contributed by atoms with Crippen LogP contribution in [0.5, 0.6) is 11.5 Å². The highest BCUT2D eigenvalue weighted by atomic mass is 35.5. The number of sulfonamides is 1. The van der Waals surface area contributed by atoms with Crippen molar-refractivity contribution in [3.05, 3.63) is 76.3 Å². The van der Waals surface area contributed by atoms with Gasteiger partial charge in [0.15, 0.2) is 6.61 Å². The van der Waals surface area contributed by atoms with Gasteiger partial charge in [0.1, 0.15) is 11.5 Å². The lowest BCUT2D eigenvalue weighted by Gasteiger charge is -2.12. The highest BCUT2D eigenvalue weighted by Gasteiger charge is 2.33. The van der Waals surface area contributed by atoms with E-state index in [0.717, 1.165) is 6.07 Å². The Morgan fingerprint density at radius 1 is 0.943 bits per heavy atom. The number of alkyl halides is 3. The van der Waals surface area contributed by atoms with Crippen LogP contribution in [0.1, 0.15) is 5.56 Å². The van der Waals surface area contributed by atoms with E-state index in [0.29, 0.717) is 11.8 Å². The minimum atomic E-state index is -4.68. The van der Waals surface area contributed by atoms with Crippen LogP contribution in [0.2, 0.25) is 10.0 Å². The topological polar surface area (TPSA) is 93.7 Å². The molecule has 186 valence electrons. The third-order valence-electron chi connectivity index (χ3n) is 4.46. The zero-order valence-electron chi connectivity index (χ0n) is 17.8. The fourth-order valence-corrected chi connectivity index (χ4v) is 4.36. The van der Waals surface area contributed by atoms with Gasteiger partial charge in [0, 0.05) is 5.69 Å². The molecule has 3 rings (SSSR count). The summed E-state index contributed by atoms with van der Waals surface area (Å²) < 4.78 is 76.7. The smallest absolute Gasteiger partial charge is 0.417 e. The number of halogens is 5. The second-order valence-electron chi connectivity index (χ2n) is 6.96. The molecule has 0 saturated carbocycles. The Hall–Kier alpha value is -3.15. The van der Waals surface area contributed by atoms with Gasteiger partial charge in [-0.05, 0) is 60.7 Å². The molecular weight excluding hydrogens is 532 g/mol. The van der Waals surface area contributed by atoms with E-state index in [4.69, 9.17) is 32.7 Å². The summed E-state index contributed by atoms with van der Waals surface area (Å²) in [5, 5.41) is 2.01. The Morgan fingerprint density at radius 3 is 2.20 bits per heavy atom. The second-order valence-corrected chi connectivity index (χ2v) is 9.45. The summed E-state index contributed by atoms with van der Waals surface area (Å²) in [5.41, 5.74) is -0.967. The van der Waals surface area contributed by atoms with Gasteiger partial charge in [-0.25, -0.2) is 8.42 Å². The predicted octanol–water partition coefficient (Wildman–Crippen LogP) is 5.84. The number of amides is 1. The van der Waals surface area contributed by atoms with Crippen molar-refractivity contribution in [3.8, 4) is 11.5 Å². The van der Waals surface area contributed by atoms with Gasteiger partial charge >= 0.3 is 6.18 Å². The van der Waals surface area contributed by atoms with Crippen molar-refractivity contribution < 1.29 is 35.9 Å². The number of methoxy groups -OCH3 is 1. The van der Waals surface area contributed by atoms with Gasteiger partial charge in [-0.15, -0.1) is 0 Å². The first-order valence-corrected chi connectivity index (χ1v) is 11.9. The maximum atomic E-state index is 12.9. The first-order chi connectivity index (χ1) is 16.4. The molecule has 0 unspecified atom stereocenters. The van der Waals surface area contributed by atoms with Crippen LogP contribution in [0.3, 0.4) is 0 Å². The van der Waals surface area contributed by atoms with Gasteiger partial charge in [0.05, 0.1) is 33.3 Å². The first kappa shape index (κ1) is 26.5. The van der Waals surface area contributed by atoms with Crippen LogP contribution in [-0.2, 0) is 21.0 Å². The number of benzene rings is 3. The van der Waals surface area contributed by atoms with E-state index in [9.17, 15) is 26.4 Å². The average molecular weight is 549 g/mol. The zero-order valence-corrected chi connectivity index (χ0v) is 20.1. The Bertz CT molecular complexity index is 1330. The number of ether oxygens (including phenoxy) is 2. The number of nitrogens with one attached hydrogen (secondary N) is 2. The maximum absolute atomic E-state index is 12.9. The Balaban J connectivity index is 1.60. The summed E-state index contributed by atoms with van der Waals surface area (Å²) >= 11 is 11.6. The Labute approximate surface area is 208 Å². The third kappa shape index (κ3) is 6.93. The molecule has 0 atom stereocenters. The highest BCUT2D eigenvalue weighted by Crippen LogP contribution is 2.36. The second kappa shape index (κ2) is 10.6. The van der Waals surface area contributed by atoms with E-state index in [-0.39, 0.29) is 27.0 Å². The molecule has 3 aromatic carbocycles. The lowest BCUT2D eigenvalue weighted by atomic mass is 10.2. The molecule has 0 aliphatic rings. The molecule has 13 heteroatoms. The normalized spacial score (nSPS) is 11.6. The summed E-state index contributed by atoms with van der Waals surface area (Å²) in [6.07, 6.45) is -4.68. The largest absolute Gasteiger partial charge is 0.495 e. The molecule has 0 bridgehead atoms. The van der Waals surface area contributed by atoms with Crippen molar-refractivity contribution in [2.24, 2.45) is 0 Å². The molecular formula is C22H17Cl2F3N2O5S. The van der Waals surface area contributed by atoms with Gasteiger partial charge in [0.2, 0.25) is 0 Å². The minimum absolute atomic E-state index is 0.0814. The summed E-state index contributed by atoms with van der Waals surface area (Å²) in [6.45, 7) is -0.529. The van der Waals surface area contributed by atoms with E-state index in [1.165, 1.54) is 55.6 Å². The van der Waals surface area contributed by atoms with Crippen molar-refractivity contribution >= 4 is 50.5 Å². The van der Waals surface area contributed by atoms with Gasteiger partial charge in [0.25, 0.3) is 15.9 Å². The summed E-state index contributed by atoms with van der Waals surface area (Å²) in [7, 11) is -2.51. The quantitative estimate of drug-likeness (QED) is 0.369. The van der Waals surface area contributed by atoms with E-state index < -0.39 is 39.3 Å². The van der Waals surface area contributed by atoms with Crippen LogP contribution in [0, 0.1) is 0 Å². The van der Waals surface area contributed by atoms with Crippen LogP contribution in [0.25, 0.3) is 0 Å². The molecule has 0 aliphatic carbocycles. The van der Waals surface area contributed by atoms with E-state index in [1.807, 2.05) is 0 Å². The van der Waals surface area contributed by atoms with Crippen LogP contribution >= 0.6 is 23.2 Å². The number of carbonyl (C=O) groups is 1. The molecule has 7 nitrogen and oxygen atoms in total.